The molecule has 0 radical (unpaired) electrons. The smallest absolute Gasteiger partial charge is 0.217 e. The lowest BCUT2D eigenvalue weighted by atomic mass is 10.2. The van der Waals surface area contributed by atoms with Gasteiger partial charge in [0.15, 0.2) is 0 Å². The minimum absolute atomic E-state index is 0.352. The molecule has 0 aliphatic carbocycles. The lowest BCUT2D eigenvalue weighted by molar-refractivity contribution is 0.727. The number of nitrogens with one attached hydrogen (secondary N) is 1. The summed E-state index contributed by atoms with van der Waals surface area (Å²) < 4.78 is 1.71. The lowest BCUT2D eigenvalue weighted by Crippen LogP contribution is -2.12. The van der Waals surface area contributed by atoms with Gasteiger partial charge in [-0.05, 0) is 24.2 Å². The number of halogens is 1. The highest BCUT2D eigenvalue weighted by molar-refractivity contribution is 6.31. The van der Waals surface area contributed by atoms with E-state index in [2.05, 4.69) is 10.3 Å². The molecule has 92 valence electrons. The first kappa shape index (κ1) is 12.6. The van der Waals surface area contributed by atoms with E-state index in [1.54, 1.807) is 17.0 Å². The van der Waals surface area contributed by atoms with Gasteiger partial charge in [-0.1, -0.05) is 24.6 Å². The van der Waals surface area contributed by atoms with E-state index in [1.165, 1.54) is 0 Å². The Morgan fingerprint density at radius 1 is 1.50 bits per heavy atom. The van der Waals surface area contributed by atoms with Crippen LogP contribution in [0.3, 0.4) is 0 Å². The van der Waals surface area contributed by atoms with Crippen LogP contribution in [0.15, 0.2) is 30.6 Å². The van der Waals surface area contributed by atoms with Gasteiger partial charge >= 0.3 is 0 Å². The molecule has 0 bridgehead atoms. The molecule has 0 aliphatic heterocycles. The van der Waals surface area contributed by atoms with Gasteiger partial charge in [-0.15, -0.1) is 0 Å². The molecule has 0 saturated carbocycles. The van der Waals surface area contributed by atoms with Crippen LogP contribution in [-0.2, 0) is 6.54 Å². The Morgan fingerprint density at radius 3 is 3.00 bits per heavy atom. The Balaban J connectivity index is 2.32. The van der Waals surface area contributed by atoms with Crippen LogP contribution in [0.2, 0.25) is 5.02 Å². The molecule has 0 spiro atoms. The van der Waals surface area contributed by atoms with E-state index in [0.29, 0.717) is 10.8 Å². The van der Waals surface area contributed by atoms with Crippen molar-refractivity contribution in [1.82, 2.24) is 14.9 Å². The van der Waals surface area contributed by atoms with Crippen molar-refractivity contribution in [1.29, 1.82) is 5.26 Å². The number of hydrogen-bond acceptors (Lipinski definition) is 3. The van der Waals surface area contributed by atoms with Crippen molar-refractivity contribution in [3.8, 4) is 11.8 Å². The van der Waals surface area contributed by atoms with Gasteiger partial charge in [-0.2, -0.15) is 5.26 Å². The minimum atomic E-state index is 0.352. The van der Waals surface area contributed by atoms with E-state index in [0.717, 1.165) is 24.3 Å². The monoisotopic (exact) mass is 260 g/mol. The van der Waals surface area contributed by atoms with Crippen LogP contribution in [0.4, 0.5) is 0 Å². The SMILES string of the molecule is CCNCc1ccc(-n2ccnc2C#N)cc1Cl. The fourth-order valence-electron chi connectivity index (χ4n) is 1.68. The van der Waals surface area contributed by atoms with Gasteiger partial charge in [-0.25, -0.2) is 4.98 Å². The zero-order valence-electron chi connectivity index (χ0n) is 10.0. The Kier molecular flexibility index (Phi) is 3.98. The highest BCUT2D eigenvalue weighted by Gasteiger charge is 2.06. The van der Waals surface area contributed by atoms with Gasteiger partial charge in [0.2, 0.25) is 5.82 Å². The molecule has 0 atom stereocenters. The summed E-state index contributed by atoms with van der Waals surface area (Å²) >= 11 is 6.22. The largest absolute Gasteiger partial charge is 0.313 e. The summed E-state index contributed by atoms with van der Waals surface area (Å²) in [6.07, 6.45) is 3.34. The van der Waals surface area contributed by atoms with Crippen molar-refractivity contribution in [2.24, 2.45) is 0 Å². The maximum absolute atomic E-state index is 8.93. The van der Waals surface area contributed by atoms with Crippen LogP contribution in [0, 0.1) is 11.3 Å². The molecule has 2 aromatic rings. The highest BCUT2D eigenvalue weighted by atomic mass is 35.5. The van der Waals surface area contributed by atoms with E-state index in [4.69, 9.17) is 16.9 Å². The first-order valence-corrected chi connectivity index (χ1v) is 6.07. The molecule has 1 aromatic heterocycles. The lowest BCUT2D eigenvalue weighted by Gasteiger charge is -2.08. The molecule has 0 aliphatic rings. The minimum Gasteiger partial charge on any atom is -0.313 e. The molecule has 0 amide bonds. The highest BCUT2D eigenvalue weighted by Crippen LogP contribution is 2.21. The van der Waals surface area contributed by atoms with Gasteiger partial charge in [0.1, 0.15) is 6.07 Å². The standard InChI is InChI=1S/C13H13ClN4/c1-2-16-9-10-3-4-11(7-12(10)14)18-6-5-17-13(18)8-15/h3-7,16H,2,9H2,1H3. The van der Waals surface area contributed by atoms with Gasteiger partial charge in [0.25, 0.3) is 0 Å². The van der Waals surface area contributed by atoms with E-state index < -0.39 is 0 Å². The summed E-state index contributed by atoms with van der Waals surface area (Å²) in [4.78, 5) is 3.96. The number of benzene rings is 1. The summed E-state index contributed by atoms with van der Waals surface area (Å²) in [5.41, 5.74) is 1.88. The second-order valence-corrected chi connectivity index (χ2v) is 4.20. The molecule has 1 heterocycles. The Hall–Kier alpha value is -1.83. The molecule has 0 fully saturated rings. The van der Waals surface area contributed by atoms with Crippen LogP contribution in [-0.4, -0.2) is 16.1 Å². The van der Waals surface area contributed by atoms with Crippen molar-refractivity contribution in [3.63, 3.8) is 0 Å². The van der Waals surface area contributed by atoms with Crippen LogP contribution < -0.4 is 5.32 Å². The molecule has 1 N–H and O–H groups in total. The Bertz CT molecular complexity index is 583. The predicted octanol–water partition coefficient (Wildman–Crippen LogP) is 2.51. The molecule has 0 saturated heterocycles. The average Bonchev–Trinajstić information content (AvgIpc) is 2.85. The van der Waals surface area contributed by atoms with E-state index in [1.807, 2.05) is 31.2 Å². The van der Waals surface area contributed by atoms with Crippen LogP contribution in [0.25, 0.3) is 5.69 Å². The van der Waals surface area contributed by atoms with Gasteiger partial charge in [0.05, 0.1) is 0 Å². The average molecular weight is 261 g/mol. The van der Waals surface area contributed by atoms with E-state index >= 15 is 0 Å². The molecular formula is C13H13ClN4. The van der Waals surface area contributed by atoms with Crippen LogP contribution in [0.1, 0.15) is 18.3 Å². The summed E-state index contributed by atoms with van der Waals surface area (Å²) in [5, 5.41) is 12.8. The van der Waals surface area contributed by atoms with Crippen LogP contribution in [0.5, 0.6) is 0 Å². The van der Waals surface area contributed by atoms with Crippen molar-refractivity contribution < 1.29 is 0 Å². The Labute approximate surface area is 111 Å². The zero-order chi connectivity index (χ0) is 13.0. The topological polar surface area (TPSA) is 53.6 Å². The summed E-state index contributed by atoms with van der Waals surface area (Å²) in [7, 11) is 0. The number of hydrogen-bond donors (Lipinski definition) is 1. The molecule has 1 aromatic carbocycles. The summed E-state index contributed by atoms with van der Waals surface area (Å²) in [6, 6.07) is 7.77. The van der Waals surface area contributed by atoms with Crippen molar-refractivity contribution >= 4 is 11.6 Å². The van der Waals surface area contributed by atoms with Crippen molar-refractivity contribution in [2.45, 2.75) is 13.5 Å². The number of rotatable bonds is 4. The third-order valence-electron chi connectivity index (χ3n) is 2.62. The summed E-state index contributed by atoms with van der Waals surface area (Å²) in [6.45, 7) is 3.69. The normalized spacial score (nSPS) is 10.3. The zero-order valence-corrected chi connectivity index (χ0v) is 10.8. The quantitative estimate of drug-likeness (QED) is 0.919. The second-order valence-electron chi connectivity index (χ2n) is 3.79. The molecule has 2 rings (SSSR count). The predicted molar refractivity (Wildman–Crippen MR) is 70.7 cm³/mol. The molecule has 18 heavy (non-hydrogen) atoms. The third-order valence-corrected chi connectivity index (χ3v) is 2.97. The molecule has 4 nitrogen and oxygen atoms in total. The van der Waals surface area contributed by atoms with Crippen molar-refractivity contribution in [2.75, 3.05) is 6.54 Å². The fraction of sp³-hybridized carbons (Fsp3) is 0.231. The number of nitriles is 1. The third kappa shape index (κ3) is 2.53. The van der Waals surface area contributed by atoms with Gasteiger partial charge in [0, 0.05) is 29.6 Å². The number of aromatic nitrogens is 2. The number of nitrogens with zero attached hydrogens (tertiary/aromatic N) is 3. The van der Waals surface area contributed by atoms with E-state index in [-0.39, 0.29) is 0 Å². The first-order valence-electron chi connectivity index (χ1n) is 5.69. The maximum atomic E-state index is 8.93. The first-order chi connectivity index (χ1) is 8.76. The van der Waals surface area contributed by atoms with Crippen molar-refractivity contribution in [3.05, 3.63) is 47.0 Å². The summed E-state index contributed by atoms with van der Waals surface area (Å²) in [5.74, 6) is 0.352. The molecule has 5 heteroatoms. The Morgan fingerprint density at radius 2 is 2.33 bits per heavy atom. The maximum Gasteiger partial charge on any atom is 0.217 e. The van der Waals surface area contributed by atoms with Crippen LogP contribution >= 0.6 is 11.6 Å². The molecular weight excluding hydrogens is 248 g/mol. The molecule has 0 unspecified atom stereocenters. The van der Waals surface area contributed by atoms with E-state index in [9.17, 15) is 0 Å². The second kappa shape index (κ2) is 5.67. The van der Waals surface area contributed by atoms with Gasteiger partial charge in [-0.3, -0.25) is 4.57 Å². The van der Waals surface area contributed by atoms with Gasteiger partial charge < -0.3 is 5.32 Å². The number of imidazole rings is 1. The fourth-order valence-corrected chi connectivity index (χ4v) is 1.93.